The Bertz CT molecular complexity index is 259. The van der Waals surface area contributed by atoms with Crippen molar-refractivity contribution in [3.05, 3.63) is 12.7 Å². The fourth-order valence-electron chi connectivity index (χ4n) is 0.380. The van der Waals surface area contributed by atoms with Crippen LogP contribution < -0.4 is 10.6 Å². The third-order valence-corrected chi connectivity index (χ3v) is 1.78. The van der Waals surface area contributed by atoms with Gasteiger partial charge in [-0.15, -0.1) is 6.58 Å². The smallest absolute Gasteiger partial charge is 0.245 e. The molecule has 0 rings (SSSR count). The topological polar surface area (TPSA) is 98.5 Å². The number of nitrogens with two attached hydrogens (primary N) is 1. The van der Waals surface area contributed by atoms with E-state index in [-0.39, 0.29) is 5.75 Å². The summed E-state index contributed by atoms with van der Waals surface area (Å²) in [7, 11) is -3.53. The van der Waals surface area contributed by atoms with E-state index in [0.717, 1.165) is 0 Å². The molecule has 7 heteroatoms. The summed E-state index contributed by atoms with van der Waals surface area (Å²) in [6, 6.07) is 0. The van der Waals surface area contributed by atoms with Gasteiger partial charge in [0.2, 0.25) is 15.9 Å². The van der Waals surface area contributed by atoms with Crippen LogP contribution in [0.15, 0.2) is 12.7 Å². The Kier molecular flexibility index (Phi) is 4.49. The highest BCUT2D eigenvalue weighted by molar-refractivity contribution is 7.89. The number of carbonyl (C=O) groups excluding carboxylic acids is 1. The van der Waals surface area contributed by atoms with Gasteiger partial charge in [0.25, 0.3) is 0 Å². The zero-order valence-electron chi connectivity index (χ0n) is 6.32. The minimum Gasteiger partial charge on any atom is -0.368 e. The first-order valence-electron chi connectivity index (χ1n) is 2.98. The van der Waals surface area contributed by atoms with E-state index in [4.69, 9.17) is 0 Å². The van der Waals surface area contributed by atoms with Crippen molar-refractivity contribution in [2.24, 2.45) is 5.73 Å². The molecule has 0 saturated heterocycles. The number of carbonyl (C=O) groups is 1. The number of primary amides is 1. The van der Waals surface area contributed by atoms with Crippen molar-refractivity contribution in [3.8, 4) is 0 Å². The second-order valence-corrected chi connectivity index (χ2v) is 3.64. The van der Waals surface area contributed by atoms with Gasteiger partial charge in [0.15, 0.2) is 0 Å². The summed E-state index contributed by atoms with van der Waals surface area (Å²) >= 11 is 0. The highest BCUT2D eigenvalue weighted by Crippen LogP contribution is 1.83. The molecule has 0 fully saturated rings. The fraction of sp³-hybridized carbons (Fsp3) is 0.400. The van der Waals surface area contributed by atoms with Crippen molar-refractivity contribution in [2.75, 3.05) is 12.4 Å². The van der Waals surface area contributed by atoms with Crippen LogP contribution in [0.3, 0.4) is 0 Å². The number of sulfonamides is 1. The van der Waals surface area contributed by atoms with Gasteiger partial charge in [-0.1, -0.05) is 11.0 Å². The zero-order chi connectivity index (χ0) is 9.61. The maximum atomic E-state index is 10.8. The number of amides is 1. The largest absolute Gasteiger partial charge is 0.368 e. The molecule has 0 aromatic carbocycles. The lowest BCUT2D eigenvalue weighted by Crippen LogP contribution is -2.30. The number of hydrogen-bond acceptors (Lipinski definition) is 4. The third-order valence-electron chi connectivity index (χ3n) is 0.738. The minimum absolute atomic E-state index is 0.272. The lowest BCUT2D eigenvalue weighted by atomic mass is 10.7. The summed E-state index contributed by atoms with van der Waals surface area (Å²) in [6.45, 7) is 2.73. The van der Waals surface area contributed by atoms with Crippen molar-refractivity contribution < 1.29 is 18.0 Å². The van der Waals surface area contributed by atoms with Gasteiger partial charge in [-0.3, -0.25) is 9.63 Å². The molecule has 3 N–H and O–H groups in total. The quantitative estimate of drug-likeness (QED) is 0.397. The molecule has 1 amide bonds. The van der Waals surface area contributed by atoms with Crippen LogP contribution in [0.25, 0.3) is 0 Å². The zero-order valence-corrected chi connectivity index (χ0v) is 7.13. The van der Waals surface area contributed by atoms with E-state index in [9.17, 15) is 13.2 Å². The van der Waals surface area contributed by atoms with Crippen molar-refractivity contribution in [3.63, 3.8) is 0 Å². The van der Waals surface area contributed by atoms with Gasteiger partial charge in [0.1, 0.15) is 6.61 Å². The van der Waals surface area contributed by atoms with Crippen LogP contribution in [0.2, 0.25) is 0 Å². The molecule has 0 spiro atoms. The van der Waals surface area contributed by atoms with Crippen LogP contribution in [0.1, 0.15) is 0 Å². The van der Waals surface area contributed by atoms with E-state index in [0.29, 0.717) is 0 Å². The Hall–Kier alpha value is -0.920. The fourth-order valence-corrected chi connectivity index (χ4v) is 0.996. The molecular weight excluding hydrogens is 184 g/mol. The molecule has 0 bridgehead atoms. The Morgan fingerprint density at radius 1 is 1.67 bits per heavy atom. The molecule has 0 unspecified atom stereocenters. The maximum Gasteiger partial charge on any atom is 0.245 e. The summed E-state index contributed by atoms with van der Waals surface area (Å²) in [5, 5.41) is 0. The van der Waals surface area contributed by atoms with Gasteiger partial charge < -0.3 is 5.73 Å². The summed E-state index contributed by atoms with van der Waals surface area (Å²) in [4.78, 5) is 16.0. The summed E-state index contributed by atoms with van der Waals surface area (Å²) < 4.78 is 21.5. The van der Waals surface area contributed by atoms with Crippen LogP contribution in [0.5, 0.6) is 0 Å². The van der Waals surface area contributed by atoms with Gasteiger partial charge in [-0.05, 0) is 0 Å². The van der Waals surface area contributed by atoms with Crippen LogP contribution >= 0.6 is 0 Å². The minimum atomic E-state index is -3.53. The molecule has 0 aliphatic heterocycles. The Morgan fingerprint density at radius 3 is 2.67 bits per heavy atom. The first-order chi connectivity index (χ1) is 5.48. The van der Waals surface area contributed by atoms with Gasteiger partial charge in [-0.25, -0.2) is 8.42 Å². The summed E-state index contributed by atoms with van der Waals surface area (Å²) in [6.07, 6.45) is 1.19. The van der Waals surface area contributed by atoms with Crippen molar-refractivity contribution in [1.82, 2.24) is 4.89 Å². The van der Waals surface area contributed by atoms with Gasteiger partial charge in [-0.2, -0.15) is 0 Å². The maximum absolute atomic E-state index is 10.8. The molecule has 0 aliphatic rings. The number of nitrogens with one attached hydrogen (secondary N) is 1. The SMILES string of the molecule is C=CCS(=O)(=O)NOCC(N)=O. The van der Waals surface area contributed by atoms with Crippen LogP contribution in [0.4, 0.5) is 0 Å². The average Bonchev–Trinajstić information content (AvgIpc) is 1.85. The van der Waals surface area contributed by atoms with E-state index < -0.39 is 22.5 Å². The highest BCUT2D eigenvalue weighted by Gasteiger charge is 2.07. The first-order valence-corrected chi connectivity index (χ1v) is 4.63. The molecule has 0 saturated carbocycles. The Balaban J connectivity index is 3.77. The molecule has 6 nitrogen and oxygen atoms in total. The van der Waals surface area contributed by atoms with E-state index in [1.807, 2.05) is 0 Å². The summed E-state index contributed by atoms with van der Waals surface area (Å²) in [5.41, 5.74) is 4.68. The molecule has 12 heavy (non-hydrogen) atoms. The van der Waals surface area contributed by atoms with E-state index in [1.165, 1.54) is 6.08 Å². The molecule has 70 valence electrons. The Labute approximate surface area is 70.4 Å². The normalized spacial score (nSPS) is 11.0. The van der Waals surface area contributed by atoms with Gasteiger partial charge in [0, 0.05) is 0 Å². The second-order valence-electron chi connectivity index (χ2n) is 1.91. The molecule has 0 heterocycles. The molecule has 0 aromatic rings. The number of hydrogen-bond donors (Lipinski definition) is 2. The molecule has 0 radical (unpaired) electrons. The average molecular weight is 194 g/mol. The predicted octanol–water partition coefficient (Wildman–Crippen LogP) is -1.49. The monoisotopic (exact) mass is 194 g/mol. The molecule has 0 aromatic heterocycles. The Morgan fingerprint density at radius 2 is 2.25 bits per heavy atom. The molecular formula is C5H10N2O4S. The third kappa shape index (κ3) is 5.83. The predicted molar refractivity (Wildman–Crippen MR) is 42.3 cm³/mol. The van der Waals surface area contributed by atoms with Crippen LogP contribution in [0, 0.1) is 0 Å². The van der Waals surface area contributed by atoms with Gasteiger partial charge >= 0.3 is 0 Å². The van der Waals surface area contributed by atoms with Crippen molar-refractivity contribution >= 4 is 15.9 Å². The van der Waals surface area contributed by atoms with E-state index in [1.54, 1.807) is 4.89 Å². The standard InChI is InChI=1S/C5H10N2O4S/c1-2-3-12(9,10)7-11-4-5(6)8/h2,7H,1,3-4H2,(H2,6,8). The van der Waals surface area contributed by atoms with Crippen molar-refractivity contribution in [1.29, 1.82) is 0 Å². The second kappa shape index (κ2) is 4.86. The highest BCUT2D eigenvalue weighted by atomic mass is 32.2. The molecule has 0 aliphatic carbocycles. The lowest BCUT2D eigenvalue weighted by Gasteiger charge is -2.02. The van der Waals surface area contributed by atoms with E-state index >= 15 is 0 Å². The molecule has 0 atom stereocenters. The van der Waals surface area contributed by atoms with Crippen LogP contribution in [-0.2, 0) is 19.7 Å². The lowest BCUT2D eigenvalue weighted by molar-refractivity contribution is -0.123. The van der Waals surface area contributed by atoms with Crippen LogP contribution in [-0.4, -0.2) is 26.7 Å². The van der Waals surface area contributed by atoms with E-state index in [2.05, 4.69) is 17.2 Å². The van der Waals surface area contributed by atoms with Crippen molar-refractivity contribution in [2.45, 2.75) is 0 Å². The summed E-state index contributed by atoms with van der Waals surface area (Å²) in [5.74, 6) is -1.03. The first kappa shape index (κ1) is 11.1. The van der Waals surface area contributed by atoms with Gasteiger partial charge in [0.05, 0.1) is 5.75 Å². The number of rotatable bonds is 6.